The molecule has 0 aliphatic carbocycles. The third kappa shape index (κ3) is 2.93. The van der Waals surface area contributed by atoms with E-state index in [-0.39, 0.29) is 0 Å². The maximum absolute atomic E-state index is 12.0. The van der Waals surface area contributed by atoms with E-state index in [0.717, 1.165) is 16.6 Å². The van der Waals surface area contributed by atoms with Crippen LogP contribution < -0.4 is 0 Å². The average Bonchev–Trinajstić information content (AvgIpc) is 2.38. The van der Waals surface area contributed by atoms with E-state index >= 15 is 0 Å². The fourth-order valence-electron chi connectivity index (χ4n) is 1.87. The molecule has 0 radical (unpaired) electrons. The summed E-state index contributed by atoms with van der Waals surface area (Å²) in [6.45, 7) is 3.66. The Morgan fingerprint density at radius 1 is 1.16 bits per heavy atom. The maximum Gasteiger partial charge on any atom is 0.216 e. The summed E-state index contributed by atoms with van der Waals surface area (Å²) in [5.41, 5.74) is 1.64. The summed E-state index contributed by atoms with van der Waals surface area (Å²) in [6, 6.07) is 11.6. The summed E-state index contributed by atoms with van der Waals surface area (Å²) in [6.07, 6.45) is 0. The summed E-state index contributed by atoms with van der Waals surface area (Å²) in [4.78, 5) is 4.48. The molecule has 0 saturated heterocycles. The fraction of sp³-hybridized carbons (Fsp3) is 0.357. The van der Waals surface area contributed by atoms with Crippen molar-refractivity contribution in [2.75, 3.05) is 7.05 Å². The van der Waals surface area contributed by atoms with Gasteiger partial charge in [-0.15, -0.1) is 0 Å². The Kier molecular flexibility index (Phi) is 3.87. The van der Waals surface area contributed by atoms with Crippen molar-refractivity contribution in [2.45, 2.75) is 25.6 Å². The van der Waals surface area contributed by atoms with Crippen molar-refractivity contribution in [1.29, 1.82) is 0 Å². The van der Waals surface area contributed by atoms with Crippen LogP contribution in [0.2, 0.25) is 0 Å². The molecule has 0 unspecified atom stereocenters. The lowest BCUT2D eigenvalue weighted by atomic mass is 10.2. The highest BCUT2D eigenvalue weighted by Crippen LogP contribution is 2.15. The quantitative estimate of drug-likeness (QED) is 0.863. The monoisotopic (exact) mass is 278 g/mol. The summed E-state index contributed by atoms with van der Waals surface area (Å²) in [5, 5.41) is 0.638. The van der Waals surface area contributed by atoms with Crippen molar-refractivity contribution < 1.29 is 8.42 Å². The first-order valence-corrected chi connectivity index (χ1v) is 7.71. The molecule has 1 aromatic heterocycles. The van der Waals surface area contributed by atoms with Crippen LogP contribution >= 0.6 is 0 Å². The summed E-state index contributed by atoms with van der Waals surface area (Å²) in [7, 11) is -1.65. The standard InChI is InChI=1S/C14H18N2O2S/c1-11(2)19(17,18)16(3)10-13-9-8-12-6-4-5-7-14(12)15-13/h4-9,11H,10H2,1-3H3. The van der Waals surface area contributed by atoms with Crippen LogP contribution in [-0.2, 0) is 16.6 Å². The van der Waals surface area contributed by atoms with Gasteiger partial charge < -0.3 is 0 Å². The largest absolute Gasteiger partial charge is 0.251 e. The molecule has 1 heterocycles. The van der Waals surface area contributed by atoms with Gasteiger partial charge in [-0.05, 0) is 26.0 Å². The van der Waals surface area contributed by atoms with Crippen molar-refractivity contribution in [2.24, 2.45) is 0 Å². The minimum absolute atomic E-state index is 0.297. The molecular formula is C14H18N2O2S. The van der Waals surface area contributed by atoms with Gasteiger partial charge in [-0.1, -0.05) is 24.3 Å². The number of sulfonamides is 1. The summed E-state index contributed by atoms with van der Waals surface area (Å²) in [5.74, 6) is 0. The first-order valence-electron chi connectivity index (χ1n) is 6.21. The van der Waals surface area contributed by atoms with Gasteiger partial charge >= 0.3 is 0 Å². The molecule has 0 amide bonds. The van der Waals surface area contributed by atoms with Gasteiger partial charge in [0.15, 0.2) is 0 Å². The molecule has 0 atom stereocenters. The van der Waals surface area contributed by atoms with E-state index in [9.17, 15) is 8.42 Å². The Labute approximate surface area is 114 Å². The molecule has 0 bridgehead atoms. The molecule has 0 aliphatic heterocycles. The van der Waals surface area contributed by atoms with Crippen molar-refractivity contribution in [3.8, 4) is 0 Å². The fourth-order valence-corrected chi connectivity index (χ4v) is 2.91. The zero-order valence-corrected chi connectivity index (χ0v) is 12.2. The van der Waals surface area contributed by atoms with Gasteiger partial charge in [-0.2, -0.15) is 4.31 Å². The van der Waals surface area contributed by atoms with Gasteiger partial charge in [-0.25, -0.2) is 8.42 Å². The molecule has 0 N–H and O–H groups in total. The molecule has 2 aromatic rings. The van der Waals surface area contributed by atoms with Crippen LogP contribution in [0.25, 0.3) is 10.9 Å². The molecule has 0 saturated carbocycles. The minimum atomic E-state index is -3.24. The number of hydrogen-bond acceptors (Lipinski definition) is 3. The van der Waals surface area contributed by atoms with Crippen LogP contribution in [0, 0.1) is 0 Å². The maximum atomic E-state index is 12.0. The molecule has 1 aromatic carbocycles. The number of benzene rings is 1. The number of hydrogen-bond donors (Lipinski definition) is 0. The van der Waals surface area contributed by atoms with E-state index in [1.54, 1.807) is 20.9 Å². The van der Waals surface area contributed by atoms with Crippen molar-refractivity contribution in [3.05, 3.63) is 42.1 Å². The number of para-hydroxylation sites is 1. The molecule has 0 spiro atoms. The van der Waals surface area contributed by atoms with E-state index in [2.05, 4.69) is 4.98 Å². The van der Waals surface area contributed by atoms with E-state index in [4.69, 9.17) is 0 Å². The number of aromatic nitrogens is 1. The van der Waals surface area contributed by atoms with E-state index in [0.29, 0.717) is 6.54 Å². The van der Waals surface area contributed by atoms with Crippen LogP contribution in [0.1, 0.15) is 19.5 Å². The highest BCUT2D eigenvalue weighted by Gasteiger charge is 2.22. The minimum Gasteiger partial charge on any atom is -0.251 e. The normalized spacial score (nSPS) is 12.5. The van der Waals surface area contributed by atoms with Crippen molar-refractivity contribution >= 4 is 20.9 Å². The molecule has 0 fully saturated rings. The number of rotatable bonds is 4. The van der Waals surface area contributed by atoms with Crippen LogP contribution in [0.15, 0.2) is 36.4 Å². The first kappa shape index (κ1) is 14.0. The van der Waals surface area contributed by atoms with Gasteiger partial charge in [0.2, 0.25) is 10.0 Å². The molecular weight excluding hydrogens is 260 g/mol. The highest BCUT2D eigenvalue weighted by atomic mass is 32.2. The third-order valence-corrected chi connectivity index (χ3v) is 5.26. The second-order valence-electron chi connectivity index (χ2n) is 4.85. The predicted octanol–water partition coefficient (Wildman–Crippen LogP) is 2.40. The molecule has 0 aliphatic rings. The van der Waals surface area contributed by atoms with Crippen molar-refractivity contribution in [3.63, 3.8) is 0 Å². The van der Waals surface area contributed by atoms with Crippen LogP contribution in [0.5, 0.6) is 0 Å². The van der Waals surface area contributed by atoms with E-state index in [1.807, 2.05) is 36.4 Å². The van der Waals surface area contributed by atoms with E-state index < -0.39 is 15.3 Å². The summed E-state index contributed by atoms with van der Waals surface area (Å²) >= 11 is 0. The Hall–Kier alpha value is -1.46. The Balaban J connectivity index is 2.27. The van der Waals surface area contributed by atoms with Gasteiger partial charge in [0.1, 0.15) is 0 Å². The molecule has 5 heteroatoms. The smallest absolute Gasteiger partial charge is 0.216 e. The van der Waals surface area contributed by atoms with Crippen LogP contribution in [0.4, 0.5) is 0 Å². The zero-order valence-electron chi connectivity index (χ0n) is 11.4. The highest BCUT2D eigenvalue weighted by molar-refractivity contribution is 7.89. The Bertz CT molecular complexity index is 681. The third-order valence-electron chi connectivity index (χ3n) is 3.07. The molecule has 102 valence electrons. The lowest BCUT2D eigenvalue weighted by Crippen LogP contribution is -2.32. The summed E-state index contributed by atoms with van der Waals surface area (Å²) < 4.78 is 25.3. The average molecular weight is 278 g/mol. The lowest BCUT2D eigenvalue weighted by Gasteiger charge is -2.19. The SMILES string of the molecule is CC(C)S(=O)(=O)N(C)Cc1ccc2ccccc2n1. The molecule has 2 rings (SSSR count). The lowest BCUT2D eigenvalue weighted by molar-refractivity contribution is 0.456. The van der Waals surface area contributed by atoms with Crippen molar-refractivity contribution in [1.82, 2.24) is 9.29 Å². The topological polar surface area (TPSA) is 50.3 Å². The Morgan fingerprint density at radius 3 is 2.53 bits per heavy atom. The van der Waals surface area contributed by atoms with Gasteiger partial charge in [0.05, 0.1) is 23.0 Å². The molecule has 19 heavy (non-hydrogen) atoms. The van der Waals surface area contributed by atoms with Gasteiger partial charge in [0, 0.05) is 12.4 Å². The number of nitrogens with zero attached hydrogens (tertiary/aromatic N) is 2. The van der Waals surface area contributed by atoms with Crippen LogP contribution in [0.3, 0.4) is 0 Å². The number of pyridine rings is 1. The number of fused-ring (bicyclic) bond motifs is 1. The second kappa shape index (κ2) is 5.27. The predicted molar refractivity (Wildman–Crippen MR) is 77.3 cm³/mol. The van der Waals surface area contributed by atoms with E-state index in [1.165, 1.54) is 4.31 Å². The molecule has 4 nitrogen and oxygen atoms in total. The first-order chi connectivity index (χ1) is 8.91. The van der Waals surface area contributed by atoms with Crippen LogP contribution in [-0.4, -0.2) is 30.0 Å². The Morgan fingerprint density at radius 2 is 1.84 bits per heavy atom. The van der Waals surface area contributed by atoms with Gasteiger partial charge in [0.25, 0.3) is 0 Å². The second-order valence-corrected chi connectivity index (χ2v) is 7.44. The zero-order chi connectivity index (χ0) is 14.0. The van der Waals surface area contributed by atoms with Gasteiger partial charge in [-0.3, -0.25) is 4.98 Å².